The van der Waals surface area contributed by atoms with E-state index in [4.69, 9.17) is 10.5 Å². The first kappa shape index (κ1) is 25.0. The van der Waals surface area contributed by atoms with Crippen LogP contribution in [-0.4, -0.2) is 40.1 Å². The molecule has 3 N–H and O–H groups in total. The molecule has 0 saturated heterocycles. The molecule has 1 aromatic carbocycles. The Hall–Kier alpha value is -2.31. The van der Waals surface area contributed by atoms with Gasteiger partial charge in [0.2, 0.25) is 5.82 Å². The zero-order valence-electron chi connectivity index (χ0n) is 16.1. The first-order valence-corrected chi connectivity index (χ1v) is 9.37. The van der Waals surface area contributed by atoms with Crippen molar-refractivity contribution < 1.29 is 27.1 Å². The number of benzene rings is 1. The lowest BCUT2D eigenvalue weighted by Crippen LogP contribution is -2.55. The molecule has 0 fully saturated rings. The highest BCUT2D eigenvalue weighted by Crippen LogP contribution is 2.44. The van der Waals surface area contributed by atoms with Gasteiger partial charge < -0.3 is 15.8 Å². The van der Waals surface area contributed by atoms with Gasteiger partial charge in [0, 0.05) is 23.6 Å². The molecule has 0 saturated carbocycles. The van der Waals surface area contributed by atoms with Gasteiger partial charge in [-0.1, -0.05) is 0 Å². The Morgan fingerprint density at radius 2 is 1.90 bits per heavy atom. The van der Waals surface area contributed by atoms with Crippen LogP contribution in [0.15, 0.2) is 40.1 Å². The average molecular weight is 527 g/mol. The number of anilines is 1. The Bertz CT molecular complexity index is 1010. The normalized spacial score (nSPS) is 23.5. The zero-order chi connectivity index (χ0) is 22.3. The largest absolute Gasteiger partial charge is 0.417 e. The third-order valence-corrected chi connectivity index (χ3v) is 4.93. The number of alkyl halides is 3. The maximum atomic E-state index is 14.6. The van der Waals surface area contributed by atoms with Crippen molar-refractivity contribution in [1.82, 2.24) is 9.97 Å². The monoisotopic (exact) mass is 525 g/mol. The van der Waals surface area contributed by atoms with Crippen LogP contribution >= 0.6 is 28.3 Å². The fraction of sp³-hybridized carbons (Fsp3) is 0.333. The predicted molar refractivity (Wildman–Crippen MR) is 111 cm³/mol. The minimum atomic E-state index is -4.84. The van der Waals surface area contributed by atoms with E-state index in [2.05, 4.69) is 36.2 Å². The Balaban J connectivity index is 0.00000341. The van der Waals surface area contributed by atoms with Crippen LogP contribution in [0.2, 0.25) is 0 Å². The molecule has 2 aromatic rings. The minimum Gasteiger partial charge on any atom is -0.385 e. The van der Waals surface area contributed by atoms with Crippen molar-refractivity contribution >= 4 is 45.8 Å². The third-order valence-electron chi connectivity index (χ3n) is 4.52. The lowest BCUT2D eigenvalue weighted by atomic mass is 9.84. The summed E-state index contributed by atoms with van der Waals surface area (Å²) in [7, 11) is 0. The number of nitrogens with two attached hydrogens (primary N) is 1. The van der Waals surface area contributed by atoms with Crippen molar-refractivity contribution in [3.05, 3.63) is 52.3 Å². The number of amides is 1. The van der Waals surface area contributed by atoms with E-state index in [9.17, 15) is 22.4 Å². The van der Waals surface area contributed by atoms with Crippen molar-refractivity contribution in [2.45, 2.75) is 37.8 Å². The van der Waals surface area contributed by atoms with Crippen molar-refractivity contribution in [3.8, 4) is 0 Å². The van der Waals surface area contributed by atoms with E-state index < -0.39 is 41.2 Å². The number of hydrogen-bond acceptors (Lipinski definition) is 6. The van der Waals surface area contributed by atoms with Crippen molar-refractivity contribution in [1.29, 1.82) is 0 Å². The van der Waals surface area contributed by atoms with E-state index in [0.717, 1.165) is 19.1 Å². The molecule has 2 heterocycles. The van der Waals surface area contributed by atoms with Crippen LogP contribution in [0.4, 0.5) is 23.2 Å². The molecule has 0 spiro atoms. The number of ether oxygens (including phenoxy) is 1. The zero-order valence-corrected chi connectivity index (χ0v) is 18.5. The molecule has 3 rings (SSSR count). The predicted octanol–water partition coefficient (Wildman–Crippen LogP) is 3.97. The Labute approximate surface area is 189 Å². The summed E-state index contributed by atoms with van der Waals surface area (Å²) < 4.78 is 61.2. The number of carbonyl (C=O) groups excluding carboxylic acids is 1. The van der Waals surface area contributed by atoms with E-state index in [-0.39, 0.29) is 29.8 Å². The first-order valence-electron chi connectivity index (χ1n) is 8.58. The van der Waals surface area contributed by atoms with Crippen LogP contribution < -0.4 is 11.1 Å². The second-order valence-corrected chi connectivity index (χ2v) is 7.67. The molecular weight excluding hydrogens is 510 g/mol. The van der Waals surface area contributed by atoms with Gasteiger partial charge in [-0.15, -0.1) is 12.4 Å². The summed E-state index contributed by atoms with van der Waals surface area (Å²) in [6.45, 7) is 2.40. The molecule has 0 aliphatic carbocycles. The average Bonchev–Trinajstić information content (AvgIpc) is 2.65. The highest BCUT2D eigenvalue weighted by atomic mass is 79.9. The standard InChI is InChI=1S/C18H16BrF4N5O2.ClH/c1-8-13(24)28-17(2,16(30-8)18(21,22)23)11-5-10(3-4-12(11)20)27-15(29)14-25-6-9(19)7-26-14;/h3-8,16H,1-2H3,(H2,24,28)(H,27,29);1H/t8-,16-,17-;/m1./s1. The molecule has 168 valence electrons. The van der Waals surface area contributed by atoms with Crippen LogP contribution in [0.3, 0.4) is 0 Å². The number of nitrogens with zero attached hydrogens (tertiary/aromatic N) is 3. The van der Waals surface area contributed by atoms with Gasteiger partial charge in [-0.3, -0.25) is 9.79 Å². The quantitative estimate of drug-likeness (QED) is 0.589. The van der Waals surface area contributed by atoms with E-state index in [0.29, 0.717) is 4.47 Å². The molecule has 0 unspecified atom stereocenters. The summed E-state index contributed by atoms with van der Waals surface area (Å²) in [6, 6.07) is 3.18. The summed E-state index contributed by atoms with van der Waals surface area (Å²) in [5.74, 6) is -2.07. The Morgan fingerprint density at radius 1 is 1.29 bits per heavy atom. The number of halogens is 6. The molecule has 13 heteroatoms. The lowest BCUT2D eigenvalue weighted by Gasteiger charge is -2.41. The minimum absolute atomic E-state index is 0. The van der Waals surface area contributed by atoms with Gasteiger partial charge in [0.15, 0.2) is 6.10 Å². The molecule has 3 atom stereocenters. The van der Waals surface area contributed by atoms with E-state index >= 15 is 0 Å². The number of amidine groups is 1. The fourth-order valence-electron chi connectivity index (χ4n) is 3.03. The topological polar surface area (TPSA) is 102 Å². The SMILES string of the molecule is C[C@H]1O[C@@H](C(F)(F)F)[C@@](C)(c2cc(NC(=O)c3ncc(Br)cn3)ccc2F)N=C1N.Cl. The van der Waals surface area contributed by atoms with Crippen LogP contribution in [0.25, 0.3) is 0 Å². The molecule has 1 amide bonds. The number of nitrogens with one attached hydrogen (secondary N) is 1. The molecule has 0 radical (unpaired) electrons. The summed E-state index contributed by atoms with van der Waals surface area (Å²) in [6.07, 6.45) is -5.67. The lowest BCUT2D eigenvalue weighted by molar-refractivity contribution is -0.248. The molecule has 31 heavy (non-hydrogen) atoms. The number of carbonyl (C=O) groups is 1. The molecule has 1 aromatic heterocycles. The van der Waals surface area contributed by atoms with Gasteiger partial charge in [-0.2, -0.15) is 13.2 Å². The van der Waals surface area contributed by atoms with Gasteiger partial charge in [0.05, 0.1) is 4.47 Å². The Morgan fingerprint density at radius 3 is 2.48 bits per heavy atom. The number of aromatic nitrogens is 2. The highest BCUT2D eigenvalue weighted by molar-refractivity contribution is 9.10. The molecule has 7 nitrogen and oxygen atoms in total. The van der Waals surface area contributed by atoms with Crippen molar-refractivity contribution in [2.24, 2.45) is 10.7 Å². The summed E-state index contributed by atoms with van der Waals surface area (Å²) in [4.78, 5) is 23.9. The van der Waals surface area contributed by atoms with Crippen LogP contribution in [0, 0.1) is 5.82 Å². The van der Waals surface area contributed by atoms with Gasteiger partial charge in [0.1, 0.15) is 23.3 Å². The molecule has 1 aliphatic heterocycles. The number of aliphatic imine (C=N–C) groups is 1. The van der Waals surface area contributed by atoms with Gasteiger partial charge in [-0.05, 0) is 48.0 Å². The molecule has 0 bridgehead atoms. The van der Waals surface area contributed by atoms with E-state index in [1.54, 1.807) is 0 Å². The van der Waals surface area contributed by atoms with Crippen molar-refractivity contribution in [3.63, 3.8) is 0 Å². The van der Waals surface area contributed by atoms with E-state index in [1.165, 1.54) is 25.4 Å². The number of hydrogen-bond donors (Lipinski definition) is 2. The second kappa shape index (κ2) is 9.05. The summed E-state index contributed by atoms with van der Waals surface area (Å²) in [5.41, 5.74) is 3.09. The number of rotatable bonds is 3. The van der Waals surface area contributed by atoms with Crippen LogP contribution in [0.5, 0.6) is 0 Å². The summed E-state index contributed by atoms with van der Waals surface area (Å²) in [5, 5.41) is 2.43. The second-order valence-electron chi connectivity index (χ2n) is 6.76. The fourth-order valence-corrected chi connectivity index (χ4v) is 3.23. The van der Waals surface area contributed by atoms with Gasteiger partial charge in [-0.25, -0.2) is 14.4 Å². The maximum Gasteiger partial charge on any atom is 0.417 e. The third kappa shape index (κ3) is 5.13. The van der Waals surface area contributed by atoms with Crippen LogP contribution in [-0.2, 0) is 10.3 Å². The smallest absolute Gasteiger partial charge is 0.385 e. The summed E-state index contributed by atoms with van der Waals surface area (Å²) >= 11 is 3.13. The highest BCUT2D eigenvalue weighted by Gasteiger charge is 2.57. The van der Waals surface area contributed by atoms with Crippen LogP contribution in [0.1, 0.15) is 30.0 Å². The maximum absolute atomic E-state index is 14.6. The van der Waals surface area contributed by atoms with E-state index in [1.807, 2.05) is 0 Å². The van der Waals surface area contributed by atoms with Gasteiger partial charge >= 0.3 is 6.18 Å². The Kier molecular flexibility index (Phi) is 7.28. The molecular formula is C18H17BrClF4N5O2. The van der Waals surface area contributed by atoms with Gasteiger partial charge in [0.25, 0.3) is 5.91 Å². The van der Waals surface area contributed by atoms with Crippen molar-refractivity contribution in [2.75, 3.05) is 5.32 Å². The molecule has 1 aliphatic rings. The first-order chi connectivity index (χ1) is 13.9.